The molecule has 0 bridgehead atoms. The Morgan fingerprint density at radius 3 is 2.74 bits per heavy atom. The van der Waals surface area contributed by atoms with Gasteiger partial charge in [0.05, 0.1) is 11.8 Å². The summed E-state index contributed by atoms with van der Waals surface area (Å²) < 4.78 is 0. The molecule has 5 nitrogen and oxygen atoms in total. The first kappa shape index (κ1) is 13.6. The number of hydrogen-bond acceptors (Lipinski definition) is 5. The lowest BCUT2D eigenvalue weighted by Gasteiger charge is -2.35. The summed E-state index contributed by atoms with van der Waals surface area (Å²) in [6.07, 6.45) is 4.58. The van der Waals surface area contributed by atoms with Gasteiger partial charge in [-0.1, -0.05) is 0 Å². The van der Waals surface area contributed by atoms with Crippen LogP contribution in [-0.2, 0) is 0 Å². The average molecular weight is 259 g/mol. The van der Waals surface area contributed by atoms with Gasteiger partial charge in [0, 0.05) is 38.8 Å². The van der Waals surface area contributed by atoms with Crippen LogP contribution in [0.4, 0.5) is 11.5 Å². The molecule has 1 aromatic rings. The maximum absolute atomic E-state index is 8.50. The van der Waals surface area contributed by atoms with E-state index in [-0.39, 0.29) is 0 Å². The number of nitrogens with zero attached hydrogens (tertiary/aromatic N) is 4. The fourth-order valence-electron chi connectivity index (χ4n) is 2.40. The molecular formula is C14H21N5. The molecule has 2 N–H and O–H groups in total. The van der Waals surface area contributed by atoms with Crippen LogP contribution in [0, 0.1) is 11.3 Å². The van der Waals surface area contributed by atoms with Crippen LogP contribution in [-0.4, -0.2) is 42.6 Å². The SMILES string of the molecule is N#CCCCCN1CCN(c2ncccc2N)CC1. The van der Waals surface area contributed by atoms with Gasteiger partial charge in [-0.2, -0.15) is 5.26 Å². The minimum atomic E-state index is 0.671. The Kier molecular flexibility index (Phi) is 4.99. The molecule has 5 heteroatoms. The van der Waals surface area contributed by atoms with Crippen LogP contribution in [0.2, 0.25) is 0 Å². The molecule has 2 heterocycles. The molecule has 1 saturated heterocycles. The molecule has 2 rings (SSSR count). The third-order valence-corrected chi connectivity index (χ3v) is 3.50. The van der Waals surface area contributed by atoms with Crippen molar-refractivity contribution in [2.75, 3.05) is 43.4 Å². The highest BCUT2D eigenvalue weighted by molar-refractivity contribution is 5.62. The summed E-state index contributed by atoms with van der Waals surface area (Å²) in [6, 6.07) is 5.96. The number of nitrogens with two attached hydrogens (primary N) is 1. The Bertz CT molecular complexity index is 432. The van der Waals surface area contributed by atoms with Gasteiger partial charge in [0.1, 0.15) is 0 Å². The summed E-state index contributed by atoms with van der Waals surface area (Å²) in [6.45, 7) is 5.12. The van der Waals surface area contributed by atoms with Crippen molar-refractivity contribution in [3.8, 4) is 6.07 Å². The second-order valence-corrected chi connectivity index (χ2v) is 4.86. The smallest absolute Gasteiger partial charge is 0.151 e. The highest BCUT2D eigenvalue weighted by Crippen LogP contribution is 2.20. The van der Waals surface area contributed by atoms with Gasteiger partial charge in [0.15, 0.2) is 5.82 Å². The number of pyridine rings is 1. The second kappa shape index (κ2) is 6.95. The van der Waals surface area contributed by atoms with E-state index in [0.29, 0.717) is 6.42 Å². The topological polar surface area (TPSA) is 69.2 Å². The summed E-state index contributed by atoms with van der Waals surface area (Å²) in [5.41, 5.74) is 6.71. The Balaban J connectivity index is 1.77. The van der Waals surface area contributed by atoms with Gasteiger partial charge < -0.3 is 10.6 Å². The molecular weight excluding hydrogens is 238 g/mol. The van der Waals surface area contributed by atoms with Crippen molar-refractivity contribution in [1.82, 2.24) is 9.88 Å². The van der Waals surface area contributed by atoms with Crippen LogP contribution in [0.1, 0.15) is 19.3 Å². The third kappa shape index (κ3) is 3.83. The van der Waals surface area contributed by atoms with Crippen molar-refractivity contribution in [3.05, 3.63) is 18.3 Å². The van der Waals surface area contributed by atoms with Gasteiger partial charge in [0.2, 0.25) is 0 Å². The fourth-order valence-corrected chi connectivity index (χ4v) is 2.40. The molecule has 1 aromatic heterocycles. The zero-order chi connectivity index (χ0) is 13.5. The molecule has 0 aromatic carbocycles. The number of hydrogen-bond donors (Lipinski definition) is 1. The van der Waals surface area contributed by atoms with E-state index < -0.39 is 0 Å². The van der Waals surface area contributed by atoms with E-state index in [1.54, 1.807) is 6.20 Å². The number of rotatable bonds is 5. The maximum Gasteiger partial charge on any atom is 0.151 e. The summed E-state index contributed by atoms with van der Waals surface area (Å²) >= 11 is 0. The molecule has 19 heavy (non-hydrogen) atoms. The molecule has 0 unspecified atom stereocenters. The lowest BCUT2D eigenvalue weighted by Crippen LogP contribution is -2.47. The standard InChI is InChI=1S/C14H21N5/c15-6-2-1-3-8-18-9-11-19(12-10-18)14-13(16)5-4-7-17-14/h4-5,7H,1-3,8-12,16H2. The quantitative estimate of drug-likeness (QED) is 0.811. The van der Waals surface area contributed by atoms with Crippen molar-refractivity contribution < 1.29 is 0 Å². The van der Waals surface area contributed by atoms with Gasteiger partial charge in [-0.25, -0.2) is 4.98 Å². The largest absolute Gasteiger partial charge is 0.396 e. The molecule has 0 aliphatic carbocycles. The number of nitriles is 1. The van der Waals surface area contributed by atoms with Gasteiger partial charge >= 0.3 is 0 Å². The van der Waals surface area contributed by atoms with Gasteiger partial charge in [-0.3, -0.25) is 4.90 Å². The molecule has 1 aliphatic rings. The highest BCUT2D eigenvalue weighted by Gasteiger charge is 2.18. The Morgan fingerprint density at radius 2 is 2.05 bits per heavy atom. The van der Waals surface area contributed by atoms with Crippen molar-refractivity contribution in [3.63, 3.8) is 0 Å². The van der Waals surface area contributed by atoms with Crippen molar-refractivity contribution in [1.29, 1.82) is 5.26 Å². The first-order valence-corrected chi connectivity index (χ1v) is 6.86. The normalized spacial score (nSPS) is 16.3. The molecule has 1 fully saturated rings. The molecule has 0 amide bonds. The minimum absolute atomic E-state index is 0.671. The zero-order valence-corrected chi connectivity index (χ0v) is 11.3. The second-order valence-electron chi connectivity index (χ2n) is 4.86. The number of anilines is 2. The van der Waals surface area contributed by atoms with Crippen LogP contribution >= 0.6 is 0 Å². The monoisotopic (exact) mass is 259 g/mol. The first-order chi connectivity index (χ1) is 9.31. The minimum Gasteiger partial charge on any atom is -0.396 e. The fraction of sp³-hybridized carbons (Fsp3) is 0.571. The van der Waals surface area contributed by atoms with Crippen molar-refractivity contribution in [2.24, 2.45) is 0 Å². The van der Waals surface area contributed by atoms with Crippen LogP contribution in [0.3, 0.4) is 0 Å². The number of nitrogen functional groups attached to an aromatic ring is 1. The third-order valence-electron chi connectivity index (χ3n) is 3.50. The van der Waals surface area contributed by atoms with Gasteiger partial charge in [-0.15, -0.1) is 0 Å². The zero-order valence-electron chi connectivity index (χ0n) is 11.3. The number of piperazine rings is 1. The van der Waals surface area contributed by atoms with E-state index in [1.807, 2.05) is 12.1 Å². The Hall–Kier alpha value is -1.80. The van der Waals surface area contributed by atoms with E-state index in [1.165, 1.54) is 0 Å². The van der Waals surface area contributed by atoms with Gasteiger partial charge in [0.25, 0.3) is 0 Å². The van der Waals surface area contributed by atoms with E-state index in [4.69, 9.17) is 11.0 Å². The average Bonchev–Trinajstić information content (AvgIpc) is 2.45. The first-order valence-electron chi connectivity index (χ1n) is 6.86. The molecule has 0 saturated carbocycles. The van der Waals surface area contributed by atoms with Gasteiger partial charge in [-0.05, 0) is 31.5 Å². The number of aromatic nitrogens is 1. The predicted octanol–water partition coefficient (Wildman–Crippen LogP) is 1.48. The highest BCUT2D eigenvalue weighted by atomic mass is 15.3. The van der Waals surface area contributed by atoms with Crippen LogP contribution in [0.25, 0.3) is 0 Å². The van der Waals surface area contributed by atoms with Crippen molar-refractivity contribution >= 4 is 11.5 Å². The molecule has 1 aliphatic heterocycles. The summed E-state index contributed by atoms with van der Waals surface area (Å²) in [5, 5.41) is 8.50. The van der Waals surface area contributed by atoms with E-state index in [9.17, 15) is 0 Å². The van der Waals surface area contributed by atoms with E-state index in [2.05, 4.69) is 20.9 Å². The van der Waals surface area contributed by atoms with Crippen LogP contribution in [0.15, 0.2) is 18.3 Å². The molecule has 0 radical (unpaired) electrons. The summed E-state index contributed by atoms with van der Waals surface area (Å²) in [7, 11) is 0. The van der Waals surface area contributed by atoms with E-state index >= 15 is 0 Å². The lowest BCUT2D eigenvalue weighted by molar-refractivity contribution is 0.253. The van der Waals surface area contributed by atoms with E-state index in [0.717, 1.165) is 57.1 Å². The van der Waals surface area contributed by atoms with Crippen molar-refractivity contribution in [2.45, 2.75) is 19.3 Å². The Morgan fingerprint density at radius 1 is 1.26 bits per heavy atom. The number of unbranched alkanes of at least 4 members (excludes halogenated alkanes) is 2. The summed E-state index contributed by atoms with van der Waals surface area (Å²) in [5.74, 6) is 0.909. The van der Waals surface area contributed by atoms with Crippen LogP contribution < -0.4 is 10.6 Å². The molecule has 102 valence electrons. The molecule has 0 atom stereocenters. The molecule has 0 spiro atoms. The predicted molar refractivity (Wildman–Crippen MR) is 76.8 cm³/mol. The Labute approximate surface area is 114 Å². The summed E-state index contributed by atoms with van der Waals surface area (Å²) in [4.78, 5) is 9.06. The van der Waals surface area contributed by atoms with Crippen LogP contribution in [0.5, 0.6) is 0 Å². The lowest BCUT2D eigenvalue weighted by atomic mass is 10.2. The maximum atomic E-state index is 8.50.